The second-order valence-corrected chi connectivity index (χ2v) is 5.33. The molecule has 6 nitrogen and oxygen atoms in total. The van der Waals surface area contributed by atoms with Gasteiger partial charge in [0, 0.05) is 24.9 Å². The van der Waals surface area contributed by atoms with Crippen molar-refractivity contribution in [2.75, 3.05) is 11.9 Å². The molecule has 0 unspecified atom stereocenters. The highest BCUT2D eigenvalue weighted by Gasteiger charge is 2.12. The summed E-state index contributed by atoms with van der Waals surface area (Å²) in [5.41, 5.74) is 2.83. The zero-order valence-corrected chi connectivity index (χ0v) is 11.8. The third-order valence-corrected chi connectivity index (χ3v) is 3.79. The van der Waals surface area contributed by atoms with E-state index in [2.05, 4.69) is 24.6 Å². The van der Waals surface area contributed by atoms with Gasteiger partial charge >= 0.3 is 0 Å². The standard InChI is InChI=1S/C12H14N6S/c1-8-6-12(18-11(14-8)4-5-13-18)17(3)7-10-9(2)15-16-19-10/h4-6H,7H2,1-3H3. The van der Waals surface area contributed by atoms with Gasteiger partial charge in [0.25, 0.3) is 0 Å². The lowest BCUT2D eigenvalue weighted by atomic mass is 10.3. The molecule has 0 atom stereocenters. The number of hydrogen-bond donors (Lipinski definition) is 0. The van der Waals surface area contributed by atoms with Crippen LogP contribution in [0.1, 0.15) is 16.3 Å². The molecule has 7 heteroatoms. The largest absolute Gasteiger partial charge is 0.354 e. The SMILES string of the molecule is Cc1cc(N(C)Cc2snnc2C)n2nccc2n1. The minimum absolute atomic E-state index is 0.766. The molecule has 3 aromatic heterocycles. The first-order valence-electron chi connectivity index (χ1n) is 5.95. The summed E-state index contributed by atoms with van der Waals surface area (Å²) in [4.78, 5) is 7.74. The molecule has 0 aliphatic carbocycles. The molecule has 0 aromatic carbocycles. The fourth-order valence-electron chi connectivity index (χ4n) is 1.98. The Labute approximate surface area is 114 Å². The van der Waals surface area contributed by atoms with Gasteiger partial charge in [-0.25, -0.2) is 4.98 Å². The van der Waals surface area contributed by atoms with E-state index in [4.69, 9.17) is 0 Å². The van der Waals surface area contributed by atoms with Crippen LogP contribution in [0.3, 0.4) is 0 Å². The van der Waals surface area contributed by atoms with E-state index in [-0.39, 0.29) is 0 Å². The van der Waals surface area contributed by atoms with Crippen molar-refractivity contribution in [1.29, 1.82) is 0 Å². The van der Waals surface area contributed by atoms with Crippen LogP contribution in [0.4, 0.5) is 5.82 Å². The van der Waals surface area contributed by atoms with Gasteiger partial charge in [0.15, 0.2) is 5.65 Å². The summed E-state index contributed by atoms with van der Waals surface area (Å²) in [5, 5.41) is 8.36. The van der Waals surface area contributed by atoms with Gasteiger partial charge in [0.05, 0.1) is 23.3 Å². The topological polar surface area (TPSA) is 59.2 Å². The number of hydrogen-bond acceptors (Lipinski definition) is 6. The van der Waals surface area contributed by atoms with Gasteiger partial charge in [0.1, 0.15) is 5.82 Å². The van der Waals surface area contributed by atoms with Gasteiger partial charge in [-0.15, -0.1) is 5.10 Å². The summed E-state index contributed by atoms with van der Waals surface area (Å²) in [7, 11) is 2.04. The minimum Gasteiger partial charge on any atom is -0.354 e. The Bertz CT molecular complexity index is 716. The molecule has 0 saturated carbocycles. The number of aromatic nitrogens is 5. The van der Waals surface area contributed by atoms with Gasteiger partial charge in [-0.2, -0.15) is 9.61 Å². The van der Waals surface area contributed by atoms with Crippen molar-refractivity contribution in [2.24, 2.45) is 0 Å². The molecule has 0 fully saturated rings. The predicted molar refractivity (Wildman–Crippen MR) is 74.5 cm³/mol. The van der Waals surface area contributed by atoms with E-state index in [0.717, 1.165) is 34.3 Å². The average molecular weight is 274 g/mol. The predicted octanol–water partition coefficient (Wildman–Crippen LogP) is 1.83. The molecule has 98 valence electrons. The maximum atomic E-state index is 4.45. The number of anilines is 1. The summed E-state index contributed by atoms with van der Waals surface area (Å²) in [6.07, 6.45) is 1.76. The lowest BCUT2D eigenvalue weighted by Crippen LogP contribution is -2.20. The quantitative estimate of drug-likeness (QED) is 0.729. The molecule has 0 spiro atoms. The number of aryl methyl sites for hydroxylation is 2. The van der Waals surface area contributed by atoms with Crippen molar-refractivity contribution in [3.05, 3.63) is 34.6 Å². The van der Waals surface area contributed by atoms with Gasteiger partial charge in [-0.1, -0.05) is 4.49 Å². The van der Waals surface area contributed by atoms with Crippen LogP contribution in [0.25, 0.3) is 5.65 Å². The molecule has 0 bridgehead atoms. The lowest BCUT2D eigenvalue weighted by molar-refractivity contribution is 0.830. The van der Waals surface area contributed by atoms with E-state index in [9.17, 15) is 0 Å². The second kappa shape index (κ2) is 4.58. The summed E-state index contributed by atoms with van der Waals surface area (Å²) in [5.74, 6) is 1.01. The Hall–Kier alpha value is -2.02. The molecule has 0 radical (unpaired) electrons. The fraction of sp³-hybridized carbons (Fsp3) is 0.333. The molecule has 0 amide bonds. The zero-order chi connectivity index (χ0) is 13.4. The maximum absolute atomic E-state index is 4.45. The summed E-state index contributed by atoms with van der Waals surface area (Å²) in [6, 6.07) is 3.94. The van der Waals surface area contributed by atoms with Crippen molar-refractivity contribution in [3.8, 4) is 0 Å². The monoisotopic (exact) mass is 274 g/mol. The third kappa shape index (κ3) is 2.17. The molecule has 3 heterocycles. The summed E-state index contributed by atoms with van der Waals surface area (Å²) < 4.78 is 5.81. The van der Waals surface area contributed by atoms with Crippen molar-refractivity contribution in [1.82, 2.24) is 24.2 Å². The van der Waals surface area contributed by atoms with Crippen LogP contribution in [-0.2, 0) is 6.54 Å². The average Bonchev–Trinajstić information content (AvgIpc) is 2.98. The Morgan fingerprint density at radius 2 is 2.21 bits per heavy atom. The third-order valence-electron chi connectivity index (χ3n) is 2.99. The highest BCUT2D eigenvalue weighted by molar-refractivity contribution is 7.05. The summed E-state index contributed by atoms with van der Waals surface area (Å²) >= 11 is 1.44. The highest BCUT2D eigenvalue weighted by atomic mass is 32.1. The fourth-order valence-corrected chi connectivity index (χ4v) is 2.67. The van der Waals surface area contributed by atoms with Crippen molar-refractivity contribution in [3.63, 3.8) is 0 Å². The molecular weight excluding hydrogens is 260 g/mol. The highest BCUT2D eigenvalue weighted by Crippen LogP contribution is 2.19. The van der Waals surface area contributed by atoms with Crippen LogP contribution in [0.5, 0.6) is 0 Å². The number of nitrogens with zero attached hydrogens (tertiary/aromatic N) is 6. The Morgan fingerprint density at radius 3 is 2.95 bits per heavy atom. The van der Waals surface area contributed by atoms with Crippen LogP contribution < -0.4 is 4.90 Å². The first-order chi connectivity index (χ1) is 9.15. The zero-order valence-electron chi connectivity index (χ0n) is 11.0. The van der Waals surface area contributed by atoms with Crippen LogP contribution in [0.2, 0.25) is 0 Å². The van der Waals surface area contributed by atoms with E-state index >= 15 is 0 Å². The van der Waals surface area contributed by atoms with Crippen molar-refractivity contribution in [2.45, 2.75) is 20.4 Å². The second-order valence-electron chi connectivity index (χ2n) is 4.49. The maximum Gasteiger partial charge on any atom is 0.157 e. The van der Waals surface area contributed by atoms with E-state index in [0.29, 0.717) is 0 Å². The minimum atomic E-state index is 0.766. The van der Waals surface area contributed by atoms with E-state index < -0.39 is 0 Å². The van der Waals surface area contributed by atoms with Crippen molar-refractivity contribution < 1.29 is 0 Å². The van der Waals surface area contributed by atoms with Gasteiger partial charge < -0.3 is 4.90 Å². The molecule has 19 heavy (non-hydrogen) atoms. The Morgan fingerprint density at radius 1 is 1.37 bits per heavy atom. The number of rotatable bonds is 3. The van der Waals surface area contributed by atoms with Gasteiger partial charge in [0.2, 0.25) is 0 Å². The molecule has 0 aliphatic heterocycles. The number of fused-ring (bicyclic) bond motifs is 1. The van der Waals surface area contributed by atoms with E-state index in [1.807, 2.05) is 37.5 Å². The molecule has 0 aliphatic rings. The summed E-state index contributed by atoms with van der Waals surface area (Å²) in [6.45, 7) is 4.74. The van der Waals surface area contributed by atoms with E-state index in [1.54, 1.807) is 6.20 Å². The first-order valence-corrected chi connectivity index (χ1v) is 6.73. The molecule has 0 N–H and O–H groups in total. The van der Waals surface area contributed by atoms with E-state index in [1.165, 1.54) is 11.5 Å². The molecule has 3 aromatic rings. The first kappa shape index (κ1) is 12.0. The lowest BCUT2D eigenvalue weighted by Gasteiger charge is -2.19. The van der Waals surface area contributed by atoms with Crippen LogP contribution in [0.15, 0.2) is 18.3 Å². The van der Waals surface area contributed by atoms with Crippen molar-refractivity contribution >= 4 is 23.0 Å². The Balaban J connectivity index is 1.99. The smallest absolute Gasteiger partial charge is 0.157 e. The van der Waals surface area contributed by atoms with Crippen LogP contribution in [-0.4, -0.2) is 31.2 Å². The molecule has 0 saturated heterocycles. The van der Waals surface area contributed by atoms with Crippen LogP contribution in [0, 0.1) is 13.8 Å². The van der Waals surface area contributed by atoms with Crippen LogP contribution >= 0.6 is 11.5 Å². The Kier molecular flexibility index (Phi) is 2.90. The molecular formula is C12H14N6S. The van der Waals surface area contributed by atoms with Gasteiger partial charge in [-0.3, -0.25) is 0 Å². The van der Waals surface area contributed by atoms with Gasteiger partial charge in [-0.05, 0) is 25.4 Å². The normalized spacial score (nSPS) is 11.1. The molecule has 3 rings (SSSR count).